The third-order valence-electron chi connectivity index (χ3n) is 3.72. The van der Waals surface area contributed by atoms with Crippen molar-refractivity contribution < 1.29 is 32.5 Å². The lowest BCUT2D eigenvalue weighted by atomic mass is 9.90. The van der Waals surface area contributed by atoms with E-state index in [4.69, 9.17) is 14.2 Å². The molecule has 0 saturated heterocycles. The summed E-state index contributed by atoms with van der Waals surface area (Å²) in [7, 11) is -0.842. The number of benzene rings is 1. The minimum absolute atomic E-state index is 0.236. The number of aliphatic hydroxyl groups excluding tert-OH is 1. The first-order valence-corrected chi connectivity index (χ1v) is 8.73. The molecule has 9 heteroatoms. The van der Waals surface area contributed by atoms with E-state index in [9.17, 15) is 18.3 Å². The van der Waals surface area contributed by atoms with Gasteiger partial charge in [-0.05, 0) is 32.0 Å². The van der Waals surface area contributed by atoms with Crippen molar-refractivity contribution in [2.75, 3.05) is 20.0 Å². The molecule has 8 nitrogen and oxygen atoms in total. The van der Waals surface area contributed by atoms with Crippen molar-refractivity contribution in [2.24, 2.45) is 0 Å². The van der Waals surface area contributed by atoms with Crippen molar-refractivity contribution in [1.29, 1.82) is 0 Å². The number of ketones is 1. The summed E-state index contributed by atoms with van der Waals surface area (Å²) in [6, 6.07) is 4.75. The molecule has 0 radical (unpaired) electrons. The zero-order chi connectivity index (χ0) is 18.1. The SMILES string of the molecule is CCS(=O)(=O)NC1=C(O)C(=O)C(C)(c2cc(OC)ccc2OC)O1. The van der Waals surface area contributed by atoms with Crippen LogP contribution in [0, 0.1) is 0 Å². The van der Waals surface area contributed by atoms with Crippen LogP contribution in [0.1, 0.15) is 19.4 Å². The number of rotatable bonds is 6. The molecule has 1 unspecified atom stereocenters. The Hall–Kier alpha value is -2.42. The summed E-state index contributed by atoms with van der Waals surface area (Å²) in [6.45, 7) is 2.83. The Morgan fingerprint density at radius 1 is 1.29 bits per heavy atom. The molecule has 1 atom stereocenters. The van der Waals surface area contributed by atoms with Gasteiger partial charge in [-0.2, -0.15) is 0 Å². The lowest BCUT2D eigenvalue weighted by Crippen LogP contribution is -2.33. The van der Waals surface area contributed by atoms with Crippen LogP contribution in [-0.4, -0.2) is 39.3 Å². The van der Waals surface area contributed by atoms with Crippen LogP contribution in [0.3, 0.4) is 0 Å². The number of ether oxygens (including phenoxy) is 3. The van der Waals surface area contributed by atoms with Gasteiger partial charge < -0.3 is 19.3 Å². The van der Waals surface area contributed by atoms with Gasteiger partial charge in [-0.1, -0.05) is 0 Å². The monoisotopic (exact) mass is 357 g/mol. The van der Waals surface area contributed by atoms with E-state index in [-0.39, 0.29) is 5.75 Å². The highest BCUT2D eigenvalue weighted by Gasteiger charge is 2.50. The number of methoxy groups -OCH3 is 2. The highest BCUT2D eigenvalue weighted by Crippen LogP contribution is 2.42. The molecule has 1 aromatic carbocycles. The summed E-state index contributed by atoms with van der Waals surface area (Å²) in [6.07, 6.45) is 0. The van der Waals surface area contributed by atoms with Gasteiger partial charge in [0.2, 0.25) is 27.3 Å². The number of aliphatic hydroxyl groups is 1. The van der Waals surface area contributed by atoms with Crippen LogP contribution in [0.15, 0.2) is 29.8 Å². The lowest BCUT2D eigenvalue weighted by Gasteiger charge is -2.25. The second kappa shape index (κ2) is 6.23. The second-order valence-electron chi connectivity index (χ2n) is 5.21. The Labute approximate surface area is 140 Å². The molecule has 0 amide bonds. The van der Waals surface area contributed by atoms with Crippen molar-refractivity contribution in [2.45, 2.75) is 19.4 Å². The average molecular weight is 357 g/mol. The standard InChI is InChI=1S/C15H19NO7S/c1-5-24(19,20)16-14-12(17)13(18)15(2,23-14)10-8-9(21-3)6-7-11(10)22-4/h6-8,16-17H,5H2,1-4H3. The summed E-state index contributed by atoms with van der Waals surface area (Å²) in [4.78, 5) is 12.5. The number of Topliss-reactive ketones (excluding diaryl/α,β-unsaturated/α-hetero) is 1. The van der Waals surface area contributed by atoms with Crippen LogP contribution in [0.25, 0.3) is 0 Å². The Balaban J connectivity index is 2.48. The maximum atomic E-state index is 12.5. The van der Waals surface area contributed by atoms with Crippen LogP contribution >= 0.6 is 0 Å². The van der Waals surface area contributed by atoms with Gasteiger partial charge in [-0.25, -0.2) is 8.42 Å². The van der Waals surface area contributed by atoms with E-state index in [0.29, 0.717) is 17.1 Å². The average Bonchev–Trinajstić information content (AvgIpc) is 2.78. The van der Waals surface area contributed by atoms with E-state index < -0.39 is 33.0 Å². The molecule has 0 aliphatic carbocycles. The molecule has 0 spiro atoms. The predicted octanol–water partition coefficient (Wildman–Crippen LogP) is 1.18. The van der Waals surface area contributed by atoms with Gasteiger partial charge in [0.1, 0.15) is 11.5 Å². The van der Waals surface area contributed by atoms with Crippen LogP contribution in [-0.2, 0) is 25.2 Å². The van der Waals surface area contributed by atoms with E-state index in [0.717, 1.165) is 0 Å². The molecule has 132 valence electrons. The van der Waals surface area contributed by atoms with Crippen molar-refractivity contribution >= 4 is 15.8 Å². The van der Waals surface area contributed by atoms with Gasteiger partial charge in [0.25, 0.3) is 5.78 Å². The topological polar surface area (TPSA) is 111 Å². The van der Waals surface area contributed by atoms with Crippen molar-refractivity contribution in [3.05, 3.63) is 35.4 Å². The fourth-order valence-corrected chi connectivity index (χ4v) is 2.84. The number of carbonyl (C=O) groups excluding carboxylic acids is 1. The first-order chi connectivity index (χ1) is 11.2. The quantitative estimate of drug-likeness (QED) is 0.786. The smallest absolute Gasteiger partial charge is 0.250 e. The summed E-state index contributed by atoms with van der Waals surface area (Å²) in [5.41, 5.74) is -1.36. The summed E-state index contributed by atoms with van der Waals surface area (Å²) in [5.74, 6) is -1.54. The maximum absolute atomic E-state index is 12.5. The molecule has 2 N–H and O–H groups in total. The minimum Gasteiger partial charge on any atom is -0.501 e. The van der Waals surface area contributed by atoms with Crippen LogP contribution in [0.5, 0.6) is 11.5 Å². The number of hydrogen-bond acceptors (Lipinski definition) is 7. The normalized spacial score (nSPS) is 20.8. The first kappa shape index (κ1) is 17.9. The minimum atomic E-state index is -3.72. The molecule has 2 rings (SSSR count). The molecule has 0 bridgehead atoms. The third-order valence-corrected chi connectivity index (χ3v) is 4.97. The van der Waals surface area contributed by atoms with Crippen molar-refractivity contribution in [3.8, 4) is 11.5 Å². The lowest BCUT2D eigenvalue weighted by molar-refractivity contribution is -0.131. The summed E-state index contributed by atoms with van der Waals surface area (Å²) >= 11 is 0. The molecule has 1 aromatic rings. The Kier molecular flexibility index (Phi) is 4.66. The first-order valence-electron chi connectivity index (χ1n) is 7.08. The molecular formula is C15H19NO7S. The second-order valence-corrected chi connectivity index (χ2v) is 7.22. The summed E-state index contributed by atoms with van der Waals surface area (Å²) in [5, 5.41) is 10.0. The zero-order valence-electron chi connectivity index (χ0n) is 13.7. The van der Waals surface area contributed by atoms with Gasteiger partial charge >= 0.3 is 0 Å². The highest BCUT2D eigenvalue weighted by molar-refractivity contribution is 7.89. The van der Waals surface area contributed by atoms with E-state index in [1.54, 1.807) is 12.1 Å². The van der Waals surface area contributed by atoms with Gasteiger partial charge in [0.05, 0.1) is 20.0 Å². The Morgan fingerprint density at radius 2 is 1.96 bits per heavy atom. The fraction of sp³-hybridized carbons (Fsp3) is 0.400. The van der Waals surface area contributed by atoms with Crippen molar-refractivity contribution in [3.63, 3.8) is 0 Å². The molecule has 1 aliphatic heterocycles. The molecule has 24 heavy (non-hydrogen) atoms. The van der Waals surface area contributed by atoms with E-state index in [1.165, 1.54) is 34.1 Å². The van der Waals surface area contributed by atoms with Gasteiger partial charge in [0.15, 0.2) is 0 Å². The van der Waals surface area contributed by atoms with Crippen molar-refractivity contribution in [1.82, 2.24) is 4.72 Å². The number of nitrogens with one attached hydrogen (secondary N) is 1. The van der Waals surface area contributed by atoms with Crippen LogP contribution in [0.2, 0.25) is 0 Å². The summed E-state index contributed by atoms with van der Waals surface area (Å²) < 4.78 is 41.3. The van der Waals surface area contributed by atoms with Gasteiger partial charge in [0, 0.05) is 5.56 Å². The van der Waals surface area contributed by atoms with Crippen LogP contribution in [0.4, 0.5) is 0 Å². The third kappa shape index (κ3) is 2.99. The van der Waals surface area contributed by atoms with Gasteiger partial charge in [-0.15, -0.1) is 0 Å². The number of sulfonamides is 1. The van der Waals surface area contributed by atoms with Crippen LogP contribution < -0.4 is 14.2 Å². The molecule has 1 heterocycles. The largest absolute Gasteiger partial charge is 0.501 e. The number of hydrogen-bond donors (Lipinski definition) is 2. The molecule has 0 saturated carbocycles. The zero-order valence-corrected chi connectivity index (χ0v) is 14.6. The molecular weight excluding hydrogens is 338 g/mol. The predicted molar refractivity (Wildman–Crippen MR) is 85.2 cm³/mol. The number of carbonyl (C=O) groups is 1. The molecule has 1 aliphatic rings. The fourth-order valence-electron chi connectivity index (χ4n) is 2.27. The molecule has 0 fully saturated rings. The highest BCUT2D eigenvalue weighted by atomic mass is 32.2. The Bertz CT molecular complexity index is 800. The van der Waals surface area contributed by atoms with E-state index >= 15 is 0 Å². The Morgan fingerprint density at radius 3 is 2.50 bits per heavy atom. The molecule has 0 aromatic heterocycles. The van der Waals surface area contributed by atoms with E-state index in [2.05, 4.69) is 4.72 Å². The maximum Gasteiger partial charge on any atom is 0.250 e. The van der Waals surface area contributed by atoms with E-state index in [1.807, 2.05) is 0 Å². The van der Waals surface area contributed by atoms with Gasteiger partial charge in [-0.3, -0.25) is 9.52 Å².